The highest BCUT2D eigenvalue weighted by Crippen LogP contribution is 2.44. The number of aliphatic hydroxyl groups excluding tert-OH is 1. The lowest BCUT2D eigenvalue weighted by molar-refractivity contribution is -0.132. The summed E-state index contributed by atoms with van der Waals surface area (Å²) >= 11 is 1.32. The van der Waals surface area contributed by atoms with E-state index in [2.05, 4.69) is 9.97 Å². The van der Waals surface area contributed by atoms with Crippen LogP contribution >= 0.6 is 11.3 Å². The number of hydrogen-bond donors (Lipinski definition) is 1. The fraction of sp³-hybridized carbons (Fsp3) is 0.154. The van der Waals surface area contributed by atoms with Gasteiger partial charge < -0.3 is 9.84 Å². The van der Waals surface area contributed by atoms with E-state index in [-0.39, 0.29) is 17.4 Å². The zero-order valence-electron chi connectivity index (χ0n) is 18.5. The van der Waals surface area contributed by atoms with Gasteiger partial charge in [0, 0.05) is 18.0 Å². The monoisotopic (exact) mass is 471 g/mol. The van der Waals surface area contributed by atoms with Gasteiger partial charge in [0.2, 0.25) is 0 Å². The Hall–Kier alpha value is -4.04. The van der Waals surface area contributed by atoms with Crippen molar-refractivity contribution in [2.45, 2.75) is 26.0 Å². The fourth-order valence-electron chi connectivity index (χ4n) is 4.00. The molecule has 170 valence electrons. The second-order valence-electron chi connectivity index (χ2n) is 8.11. The van der Waals surface area contributed by atoms with Gasteiger partial charge in [-0.2, -0.15) is 0 Å². The predicted molar refractivity (Wildman–Crippen MR) is 131 cm³/mol. The molecule has 1 amide bonds. The maximum absolute atomic E-state index is 13.3. The van der Waals surface area contributed by atoms with Crippen LogP contribution in [0.15, 0.2) is 78.6 Å². The van der Waals surface area contributed by atoms with Gasteiger partial charge in [-0.1, -0.05) is 35.6 Å². The molecule has 0 bridgehead atoms. The highest BCUT2D eigenvalue weighted by molar-refractivity contribution is 7.22. The van der Waals surface area contributed by atoms with Crippen molar-refractivity contribution in [2.24, 2.45) is 0 Å². The van der Waals surface area contributed by atoms with Crippen molar-refractivity contribution < 1.29 is 19.4 Å². The molecule has 1 saturated heterocycles. The summed E-state index contributed by atoms with van der Waals surface area (Å²) in [6, 6.07) is 17.0. The van der Waals surface area contributed by atoms with Crippen LogP contribution in [0.5, 0.6) is 5.75 Å². The first kappa shape index (κ1) is 21.8. The molecule has 3 heterocycles. The number of fused-ring (bicyclic) bond motifs is 1. The summed E-state index contributed by atoms with van der Waals surface area (Å²) < 4.78 is 6.63. The zero-order valence-corrected chi connectivity index (χ0v) is 19.3. The Morgan fingerprint density at radius 3 is 2.56 bits per heavy atom. The minimum atomic E-state index is -0.849. The topological polar surface area (TPSA) is 92.6 Å². The minimum absolute atomic E-state index is 0.00264. The number of thiazole rings is 1. The third-order valence-electron chi connectivity index (χ3n) is 5.43. The number of nitrogens with zero attached hydrogens (tertiary/aromatic N) is 3. The van der Waals surface area contributed by atoms with Crippen LogP contribution in [0.3, 0.4) is 0 Å². The quantitative estimate of drug-likeness (QED) is 0.247. The van der Waals surface area contributed by atoms with Gasteiger partial charge in [-0.05, 0) is 55.8 Å². The second-order valence-corrected chi connectivity index (χ2v) is 9.12. The molecule has 0 spiro atoms. The van der Waals surface area contributed by atoms with E-state index in [1.807, 2.05) is 38.1 Å². The molecule has 7 nitrogen and oxygen atoms in total. The van der Waals surface area contributed by atoms with E-state index in [1.165, 1.54) is 16.2 Å². The summed E-state index contributed by atoms with van der Waals surface area (Å²) in [6.07, 6.45) is 3.12. The Morgan fingerprint density at radius 1 is 1.06 bits per heavy atom. The number of para-hydroxylation sites is 1. The summed E-state index contributed by atoms with van der Waals surface area (Å²) in [6.45, 7) is 3.80. The number of ether oxygens (including phenoxy) is 1. The Morgan fingerprint density at radius 2 is 1.82 bits per heavy atom. The lowest BCUT2D eigenvalue weighted by Crippen LogP contribution is -2.29. The van der Waals surface area contributed by atoms with Crippen molar-refractivity contribution in [3.8, 4) is 5.75 Å². The second kappa shape index (κ2) is 8.72. The molecule has 1 fully saturated rings. The molecule has 2 aromatic heterocycles. The van der Waals surface area contributed by atoms with E-state index in [4.69, 9.17) is 4.74 Å². The van der Waals surface area contributed by atoms with E-state index in [1.54, 1.807) is 48.8 Å². The van der Waals surface area contributed by atoms with Gasteiger partial charge in [-0.3, -0.25) is 19.5 Å². The number of pyridine rings is 1. The average molecular weight is 472 g/mol. The van der Waals surface area contributed by atoms with Crippen LogP contribution in [-0.2, 0) is 9.59 Å². The lowest BCUT2D eigenvalue weighted by atomic mass is 9.96. The van der Waals surface area contributed by atoms with E-state index in [9.17, 15) is 14.7 Å². The molecular formula is C26H21N3O4S. The third-order valence-corrected chi connectivity index (χ3v) is 6.47. The molecule has 4 aromatic rings. The smallest absolute Gasteiger partial charge is 0.301 e. The average Bonchev–Trinajstić information content (AvgIpc) is 3.37. The molecule has 5 rings (SSSR count). The van der Waals surface area contributed by atoms with E-state index >= 15 is 0 Å². The number of carbonyl (C=O) groups excluding carboxylic acids is 2. The maximum Gasteiger partial charge on any atom is 0.301 e. The number of rotatable bonds is 5. The predicted octanol–water partition coefficient (Wildman–Crippen LogP) is 5.10. The van der Waals surface area contributed by atoms with Crippen molar-refractivity contribution >= 4 is 44.1 Å². The first-order valence-electron chi connectivity index (χ1n) is 10.8. The van der Waals surface area contributed by atoms with Crippen LogP contribution in [0.25, 0.3) is 16.0 Å². The highest BCUT2D eigenvalue weighted by atomic mass is 32.1. The Kier molecular flexibility index (Phi) is 5.59. The highest BCUT2D eigenvalue weighted by Gasteiger charge is 2.48. The first-order chi connectivity index (χ1) is 16.4. The Balaban J connectivity index is 1.68. The van der Waals surface area contributed by atoms with E-state index < -0.39 is 17.7 Å². The molecule has 34 heavy (non-hydrogen) atoms. The molecule has 0 radical (unpaired) electrons. The molecule has 0 saturated carbocycles. The van der Waals surface area contributed by atoms with Crippen LogP contribution in [0, 0.1) is 0 Å². The van der Waals surface area contributed by atoms with Gasteiger partial charge in [-0.25, -0.2) is 4.98 Å². The molecular weight excluding hydrogens is 450 g/mol. The van der Waals surface area contributed by atoms with Crippen molar-refractivity contribution in [1.29, 1.82) is 0 Å². The number of anilines is 1. The van der Waals surface area contributed by atoms with Crippen molar-refractivity contribution in [2.75, 3.05) is 4.90 Å². The van der Waals surface area contributed by atoms with Crippen LogP contribution in [0.2, 0.25) is 0 Å². The van der Waals surface area contributed by atoms with Crippen molar-refractivity contribution in [3.05, 3.63) is 89.8 Å². The van der Waals surface area contributed by atoms with Crippen LogP contribution in [0.4, 0.5) is 5.13 Å². The minimum Gasteiger partial charge on any atom is -0.507 e. The first-order valence-corrected chi connectivity index (χ1v) is 11.6. The number of Topliss-reactive ketones (excluding diaryl/α,β-unsaturated/α-hetero) is 1. The van der Waals surface area contributed by atoms with E-state index in [0.29, 0.717) is 22.0 Å². The number of ketones is 1. The van der Waals surface area contributed by atoms with Crippen molar-refractivity contribution in [1.82, 2.24) is 9.97 Å². The molecule has 0 aliphatic carbocycles. The number of aromatic nitrogens is 2. The molecule has 1 N–H and O–H groups in total. The molecule has 1 aliphatic heterocycles. The number of carbonyl (C=O) groups is 2. The SMILES string of the molecule is CC(C)Oc1cccc(/C(O)=C2\C(=O)C(=O)N(c3nc4ccccc4s3)C2c2ccncc2)c1. The molecule has 1 unspecified atom stereocenters. The van der Waals surface area contributed by atoms with Crippen molar-refractivity contribution in [3.63, 3.8) is 0 Å². The summed E-state index contributed by atoms with van der Waals surface area (Å²) in [7, 11) is 0. The van der Waals surface area contributed by atoms with Gasteiger partial charge in [0.05, 0.1) is 27.9 Å². The fourth-order valence-corrected chi connectivity index (χ4v) is 4.99. The third kappa shape index (κ3) is 3.82. The molecule has 8 heteroatoms. The van der Waals surface area contributed by atoms with Gasteiger partial charge in [0.1, 0.15) is 11.5 Å². The standard InChI is InChI=1S/C26H21N3O4S/c1-15(2)33-18-7-5-6-17(14-18)23(30)21-22(16-10-12-27-13-11-16)29(25(32)24(21)31)26-28-19-8-3-4-9-20(19)34-26/h3-15,22,30H,1-2H3/b23-21+. The zero-order chi connectivity index (χ0) is 23.8. The van der Waals surface area contributed by atoms with Gasteiger partial charge in [-0.15, -0.1) is 0 Å². The Bertz CT molecular complexity index is 1400. The van der Waals surface area contributed by atoms with Crippen LogP contribution in [-0.4, -0.2) is 32.9 Å². The van der Waals surface area contributed by atoms with E-state index in [0.717, 1.165) is 10.2 Å². The van der Waals surface area contributed by atoms with Gasteiger partial charge in [0.25, 0.3) is 5.78 Å². The summed E-state index contributed by atoms with van der Waals surface area (Å²) in [5.74, 6) is -1.22. The normalized spacial score (nSPS) is 17.6. The number of benzene rings is 2. The Labute approximate surface area is 200 Å². The number of aliphatic hydroxyl groups is 1. The van der Waals surface area contributed by atoms with Gasteiger partial charge in [0.15, 0.2) is 5.13 Å². The molecule has 2 aromatic carbocycles. The lowest BCUT2D eigenvalue weighted by Gasteiger charge is -2.22. The largest absolute Gasteiger partial charge is 0.507 e. The molecule has 1 aliphatic rings. The number of amides is 1. The van der Waals surface area contributed by atoms with Crippen LogP contribution in [0.1, 0.15) is 31.0 Å². The number of hydrogen-bond acceptors (Lipinski definition) is 7. The summed E-state index contributed by atoms with van der Waals surface area (Å²) in [5, 5.41) is 11.7. The van der Waals surface area contributed by atoms with Crippen LogP contribution < -0.4 is 9.64 Å². The summed E-state index contributed by atoms with van der Waals surface area (Å²) in [4.78, 5) is 36.6. The molecule has 1 atom stereocenters. The summed E-state index contributed by atoms with van der Waals surface area (Å²) in [5.41, 5.74) is 1.76. The van der Waals surface area contributed by atoms with Gasteiger partial charge >= 0.3 is 5.91 Å². The maximum atomic E-state index is 13.3.